The summed E-state index contributed by atoms with van der Waals surface area (Å²) < 4.78 is 39.3. The average Bonchev–Trinajstić information content (AvgIpc) is 2.80. The quantitative estimate of drug-likeness (QED) is 0.334. The first kappa shape index (κ1) is 23.5. The number of amides is 1. The lowest BCUT2D eigenvalue weighted by Crippen LogP contribution is -2.22. The molecule has 174 valence electrons. The number of carbonyl (C=O) groups is 1. The van der Waals surface area contributed by atoms with Crippen LogP contribution in [0.1, 0.15) is 15.9 Å². The molecule has 2 N–H and O–H groups in total. The molecule has 3 aromatic carbocycles. The van der Waals surface area contributed by atoms with Gasteiger partial charge in [-0.15, -0.1) is 0 Å². The number of rotatable bonds is 6. The maximum Gasteiger partial charge on any atom is 0.349 e. The number of nitrogens with one attached hydrogen (secondary N) is 2. The Morgan fingerprint density at radius 3 is 2.35 bits per heavy atom. The molecule has 0 bridgehead atoms. The Kier molecular flexibility index (Phi) is 6.45. The Labute approximate surface area is 203 Å². The summed E-state index contributed by atoms with van der Waals surface area (Å²) >= 11 is 3.38. The number of hydrogen-bond acceptors (Lipinski definition) is 6. The van der Waals surface area contributed by atoms with E-state index in [1.165, 1.54) is 37.4 Å². The highest BCUT2D eigenvalue weighted by molar-refractivity contribution is 9.10. The normalized spacial score (nSPS) is 11.3. The minimum atomic E-state index is -3.90. The van der Waals surface area contributed by atoms with Gasteiger partial charge < -0.3 is 14.5 Å². The van der Waals surface area contributed by atoms with Crippen molar-refractivity contribution in [3.8, 4) is 5.75 Å². The standard InChI is InChI=1S/C24H19BrN2O6S/c1-14-7-9-15(10-8-14)34(30,31)27-20-6-4-3-5-19(20)26-23(28)17-13-16-18(25)11-12-21(32-2)22(16)33-24(17)29/h3-13,27H,1-2H3,(H,26,28). The average molecular weight is 543 g/mol. The molecule has 0 saturated heterocycles. The fraction of sp³-hybridized carbons (Fsp3) is 0.0833. The number of fused-ring (bicyclic) bond motifs is 1. The van der Waals surface area contributed by atoms with Crippen LogP contribution in [-0.2, 0) is 10.0 Å². The Hall–Kier alpha value is -3.63. The summed E-state index contributed by atoms with van der Waals surface area (Å²) in [6.45, 7) is 1.85. The van der Waals surface area contributed by atoms with Crippen LogP contribution in [0.3, 0.4) is 0 Å². The maximum atomic E-state index is 13.0. The van der Waals surface area contributed by atoms with Gasteiger partial charge in [-0.3, -0.25) is 9.52 Å². The van der Waals surface area contributed by atoms with Gasteiger partial charge in [0.05, 0.1) is 23.4 Å². The van der Waals surface area contributed by atoms with Gasteiger partial charge in [0.15, 0.2) is 11.3 Å². The minimum Gasteiger partial charge on any atom is -0.493 e. The number of anilines is 2. The molecule has 0 aliphatic heterocycles. The molecule has 1 heterocycles. The van der Waals surface area contributed by atoms with Crippen molar-refractivity contribution in [2.75, 3.05) is 17.1 Å². The molecule has 0 unspecified atom stereocenters. The second-order valence-electron chi connectivity index (χ2n) is 7.36. The van der Waals surface area contributed by atoms with Crippen molar-refractivity contribution in [2.45, 2.75) is 11.8 Å². The van der Waals surface area contributed by atoms with E-state index in [1.807, 2.05) is 6.92 Å². The molecule has 0 fully saturated rings. The Balaban J connectivity index is 1.67. The van der Waals surface area contributed by atoms with Crippen molar-refractivity contribution in [1.82, 2.24) is 0 Å². The highest BCUT2D eigenvalue weighted by atomic mass is 79.9. The fourth-order valence-corrected chi connectivity index (χ4v) is 4.76. The second kappa shape index (κ2) is 9.32. The summed E-state index contributed by atoms with van der Waals surface area (Å²) in [5.74, 6) is -0.412. The molecule has 0 atom stereocenters. The first-order valence-electron chi connectivity index (χ1n) is 10.00. The molecule has 1 aromatic heterocycles. The van der Waals surface area contributed by atoms with E-state index in [1.54, 1.807) is 36.4 Å². The SMILES string of the molecule is COc1ccc(Br)c2cc(C(=O)Nc3ccccc3NS(=O)(=O)c3ccc(C)cc3)c(=O)oc12. The van der Waals surface area contributed by atoms with E-state index in [0.29, 0.717) is 15.6 Å². The lowest BCUT2D eigenvalue weighted by atomic mass is 10.1. The molecule has 10 heteroatoms. The van der Waals surface area contributed by atoms with Gasteiger partial charge in [0.1, 0.15) is 5.56 Å². The van der Waals surface area contributed by atoms with Gasteiger partial charge in [-0.25, -0.2) is 13.2 Å². The Morgan fingerprint density at radius 2 is 1.68 bits per heavy atom. The van der Waals surface area contributed by atoms with Crippen LogP contribution in [0.2, 0.25) is 0 Å². The van der Waals surface area contributed by atoms with Gasteiger partial charge in [-0.2, -0.15) is 0 Å². The van der Waals surface area contributed by atoms with Gasteiger partial charge in [-0.05, 0) is 49.4 Å². The highest BCUT2D eigenvalue weighted by Crippen LogP contribution is 2.31. The molecule has 1 amide bonds. The molecule has 8 nitrogen and oxygen atoms in total. The van der Waals surface area contributed by atoms with E-state index >= 15 is 0 Å². The van der Waals surface area contributed by atoms with Crippen LogP contribution >= 0.6 is 15.9 Å². The third-order valence-corrected chi connectivity index (χ3v) is 7.10. The van der Waals surface area contributed by atoms with Crippen LogP contribution in [0, 0.1) is 6.92 Å². The van der Waals surface area contributed by atoms with Gasteiger partial charge in [-0.1, -0.05) is 45.8 Å². The van der Waals surface area contributed by atoms with Gasteiger partial charge in [0.2, 0.25) is 0 Å². The van der Waals surface area contributed by atoms with Crippen molar-refractivity contribution in [1.29, 1.82) is 0 Å². The van der Waals surface area contributed by atoms with E-state index in [0.717, 1.165) is 5.56 Å². The van der Waals surface area contributed by atoms with Gasteiger partial charge in [0, 0.05) is 9.86 Å². The molecule has 4 aromatic rings. The smallest absolute Gasteiger partial charge is 0.349 e. The second-order valence-corrected chi connectivity index (χ2v) is 9.89. The van der Waals surface area contributed by atoms with Crippen molar-refractivity contribution < 1.29 is 22.4 Å². The Morgan fingerprint density at radius 1 is 1.00 bits per heavy atom. The zero-order valence-corrected chi connectivity index (χ0v) is 20.5. The monoisotopic (exact) mass is 542 g/mol. The zero-order chi connectivity index (χ0) is 24.5. The van der Waals surface area contributed by atoms with Gasteiger partial charge in [0.25, 0.3) is 15.9 Å². The van der Waals surface area contributed by atoms with Crippen LogP contribution in [-0.4, -0.2) is 21.4 Å². The van der Waals surface area contributed by atoms with Crippen LogP contribution in [0.4, 0.5) is 11.4 Å². The van der Waals surface area contributed by atoms with Crippen LogP contribution < -0.4 is 20.4 Å². The van der Waals surface area contributed by atoms with Crippen molar-refractivity contribution >= 4 is 54.2 Å². The summed E-state index contributed by atoms with van der Waals surface area (Å²) in [5.41, 5.74) is 0.323. The largest absolute Gasteiger partial charge is 0.493 e. The summed E-state index contributed by atoms with van der Waals surface area (Å²) in [6, 6.07) is 17.4. The number of para-hydroxylation sites is 2. The van der Waals surface area contributed by atoms with Crippen LogP contribution in [0.15, 0.2) is 85.3 Å². The molecule has 34 heavy (non-hydrogen) atoms. The van der Waals surface area contributed by atoms with Crippen LogP contribution in [0.5, 0.6) is 5.75 Å². The number of sulfonamides is 1. The van der Waals surface area contributed by atoms with E-state index < -0.39 is 21.6 Å². The predicted molar refractivity (Wildman–Crippen MR) is 133 cm³/mol. The third kappa shape index (κ3) is 4.68. The number of methoxy groups -OCH3 is 1. The lowest BCUT2D eigenvalue weighted by molar-refractivity contribution is 0.102. The van der Waals surface area contributed by atoms with E-state index in [2.05, 4.69) is 26.0 Å². The van der Waals surface area contributed by atoms with E-state index in [-0.39, 0.29) is 27.4 Å². The predicted octanol–water partition coefficient (Wildman–Crippen LogP) is 4.93. The lowest BCUT2D eigenvalue weighted by Gasteiger charge is -2.14. The van der Waals surface area contributed by atoms with Crippen molar-refractivity contribution in [3.63, 3.8) is 0 Å². The van der Waals surface area contributed by atoms with Crippen LogP contribution in [0.25, 0.3) is 11.0 Å². The molecule has 0 aliphatic rings. The number of halogens is 1. The number of carbonyl (C=O) groups excluding carboxylic acids is 1. The topological polar surface area (TPSA) is 115 Å². The molecular formula is C24H19BrN2O6S. The first-order valence-corrected chi connectivity index (χ1v) is 12.3. The Bertz CT molecular complexity index is 1560. The summed E-state index contributed by atoms with van der Waals surface area (Å²) in [4.78, 5) is 25.6. The summed E-state index contributed by atoms with van der Waals surface area (Å²) in [7, 11) is -2.46. The molecule has 0 radical (unpaired) electrons. The molecule has 0 saturated carbocycles. The summed E-state index contributed by atoms with van der Waals surface area (Å²) in [5, 5.41) is 3.06. The third-order valence-electron chi connectivity index (χ3n) is 5.03. The number of hydrogen-bond donors (Lipinski definition) is 2. The zero-order valence-electron chi connectivity index (χ0n) is 18.1. The van der Waals surface area contributed by atoms with Crippen molar-refractivity contribution in [3.05, 3.63) is 92.7 Å². The number of aryl methyl sites for hydroxylation is 1. The molecule has 0 spiro atoms. The molecular weight excluding hydrogens is 524 g/mol. The van der Waals surface area contributed by atoms with E-state index in [9.17, 15) is 18.0 Å². The summed E-state index contributed by atoms with van der Waals surface area (Å²) in [6.07, 6.45) is 0. The molecule has 4 rings (SSSR count). The highest BCUT2D eigenvalue weighted by Gasteiger charge is 2.20. The number of ether oxygens (including phenoxy) is 1. The molecule has 0 aliphatic carbocycles. The minimum absolute atomic E-state index is 0.0770. The van der Waals surface area contributed by atoms with Gasteiger partial charge >= 0.3 is 5.63 Å². The fourth-order valence-electron chi connectivity index (χ4n) is 3.26. The maximum absolute atomic E-state index is 13.0. The first-order chi connectivity index (χ1) is 16.2. The van der Waals surface area contributed by atoms with E-state index in [4.69, 9.17) is 9.15 Å². The van der Waals surface area contributed by atoms with Crippen molar-refractivity contribution in [2.24, 2.45) is 0 Å². The number of benzene rings is 3.